The molecule has 7 nitrogen and oxygen atoms in total. The molecule has 0 atom stereocenters. The molecule has 1 aromatic carbocycles. The molecule has 2 aliphatic heterocycles. The molecule has 0 unspecified atom stereocenters. The van der Waals surface area contributed by atoms with Gasteiger partial charge in [0.25, 0.3) is 0 Å². The summed E-state index contributed by atoms with van der Waals surface area (Å²) in [5, 5.41) is 0. The molecule has 2 aliphatic rings. The molecule has 3 heterocycles. The lowest BCUT2D eigenvalue weighted by atomic mass is 9.90. The Hall–Kier alpha value is -2.03. The monoisotopic (exact) mass is 430 g/mol. The molecule has 1 aromatic heterocycles. The summed E-state index contributed by atoms with van der Waals surface area (Å²) in [5.74, 6) is 1.70. The van der Waals surface area contributed by atoms with Gasteiger partial charge in [0, 0.05) is 69.0 Å². The number of likely N-dealkylation sites (tertiary alicyclic amines) is 1. The van der Waals surface area contributed by atoms with Crippen LogP contribution in [0, 0.1) is 0 Å². The maximum Gasteiger partial charge on any atom is 0.211 e. The minimum absolute atomic E-state index is 0.363. The molecule has 4 rings (SSSR count). The molecule has 8 heteroatoms. The highest BCUT2D eigenvalue weighted by molar-refractivity contribution is 7.88. The van der Waals surface area contributed by atoms with Crippen LogP contribution in [0.3, 0.4) is 0 Å². The Morgan fingerprint density at radius 3 is 2.50 bits per heavy atom. The van der Waals surface area contributed by atoms with Gasteiger partial charge in [-0.25, -0.2) is 18.4 Å². The number of rotatable bonds is 5. The fourth-order valence-corrected chi connectivity index (χ4v) is 5.10. The number of benzene rings is 1. The van der Waals surface area contributed by atoms with Gasteiger partial charge in [-0.1, -0.05) is 25.1 Å². The van der Waals surface area contributed by atoms with Gasteiger partial charge in [-0.2, -0.15) is 4.31 Å². The van der Waals surface area contributed by atoms with E-state index in [4.69, 9.17) is 4.74 Å². The first kappa shape index (κ1) is 21.2. The zero-order valence-electron chi connectivity index (χ0n) is 17.7. The van der Waals surface area contributed by atoms with E-state index in [1.54, 1.807) is 4.31 Å². The molecule has 1 spiro atoms. The van der Waals surface area contributed by atoms with E-state index in [0.717, 1.165) is 68.0 Å². The number of hydrogen-bond acceptors (Lipinski definition) is 6. The van der Waals surface area contributed by atoms with Crippen LogP contribution in [0.5, 0.6) is 5.75 Å². The Balaban J connectivity index is 1.46. The van der Waals surface area contributed by atoms with Gasteiger partial charge >= 0.3 is 0 Å². The molecule has 2 aromatic rings. The Morgan fingerprint density at radius 2 is 1.83 bits per heavy atom. The summed E-state index contributed by atoms with van der Waals surface area (Å²) in [6, 6.07) is 7.77. The van der Waals surface area contributed by atoms with E-state index in [1.165, 1.54) is 6.26 Å². The highest BCUT2D eigenvalue weighted by Crippen LogP contribution is 2.36. The molecule has 0 aliphatic carbocycles. The highest BCUT2D eigenvalue weighted by atomic mass is 32.2. The van der Waals surface area contributed by atoms with E-state index in [2.05, 4.69) is 21.8 Å². The van der Waals surface area contributed by atoms with Crippen LogP contribution in [0.15, 0.2) is 36.7 Å². The first-order chi connectivity index (χ1) is 14.4. The van der Waals surface area contributed by atoms with Crippen molar-refractivity contribution in [1.29, 1.82) is 0 Å². The molecule has 162 valence electrons. The van der Waals surface area contributed by atoms with Gasteiger partial charge in [0.1, 0.15) is 17.2 Å². The Kier molecular flexibility index (Phi) is 6.09. The van der Waals surface area contributed by atoms with Crippen LogP contribution < -0.4 is 4.74 Å². The van der Waals surface area contributed by atoms with Crippen LogP contribution in [0.4, 0.5) is 0 Å². The molecule has 0 radical (unpaired) electrons. The molecule has 1 fully saturated rings. The summed E-state index contributed by atoms with van der Waals surface area (Å²) < 4.78 is 32.9. The van der Waals surface area contributed by atoms with Gasteiger partial charge in [-0.3, -0.25) is 4.90 Å². The van der Waals surface area contributed by atoms with Crippen LogP contribution in [-0.2, 0) is 29.5 Å². The molecular weight excluding hydrogens is 400 g/mol. The largest absolute Gasteiger partial charge is 0.485 e. The lowest BCUT2D eigenvalue weighted by Crippen LogP contribution is -2.53. The van der Waals surface area contributed by atoms with Gasteiger partial charge in [-0.05, 0) is 12.5 Å². The predicted molar refractivity (Wildman–Crippen MR) is 116 cm³/mol. The predicted octanol–water partition coefficient (Wildman–Crippen LogP) is 2.62. The summed E-state index contributed by atoms with van der Waals surface area (Å²) in [6.45, 7) is 5.37. The van der Waals surface area contributed by atoms with Crippen molar-refractivity contribution in [2.24, 2.45) is 0 Å². The zero-order chi connectivity index (χ0) is 21.2. The average Bonchev–Trinajstić information content (AvgIpc) is 2.88. The van der Waals surface area contributed by atoms with E-state index < -0.39 is 15.6 Å². The third-order valence-corrected chi connectivity index (χ3v) is 7.18. The molecule has 0 saturated carbocycles. The van der Waals surface area contributed by atoms with Gasteiger partial charge in [0.15, 0.2) is 0 Å². The molecule has 0 N–H and O–H groups in total. The van der Waals surface area contributed by atoms with Crippen molar-refractivity contribution in [2.45, 2.75) is 51.3 Å². The number of para-hydroxylation sites is 1. The smallest absolute Gasteiger partial charge is 0.211 e. The van der Waals surface area contributed by atoms with Crippen molar-refractivity contribution in [2.75, 3.05) is 25.9 Å². The van der Waals surface area contributed by atoms with Crippen molar-refractivity contribution in [1.82, 2.24) is 19.2 Å². The fourth-order valence-electron chi connectivity index (χ4n) is 4.25. The third kappa shape index (κ3) is 4.82. The number of piperidine rings is 1. The lowest BCUT2D eigenvalue weighted by Gasteiger charge is -2.42. The highest BCUT2D eigenvalue weighted by Gasteiger charge is 2.42. The first-order valence-electron chi connectivity index (χ1n) is 10.6. The topological polar surface area (TPSA) is 75.6 Å². The number of sulfonamides is 1. The van der Waals surface area contributed by atoms with Crippen LogP contribution in [0.1, 0.15) is 43.1 Å². The normalized spacial score (nSPS) is 19.8. The maximum atomic E-state index is 12.4. The van der Waals surface area contributed by atoms with Crippen molar-refractivity contribution in [3.05, 3.63) is 53.6 Å². The summed E-state index contributed by atoms with van der Waals surface area (Å²) >= 11 is 0. The van der Waals surface area contributed by atoms with Crippen molar-refractivity contribution < 1.29 is 13.2 Å². The van der Waals surface area contributed by atoms with E-state index >= 15 is 0 Å². The standard InChI is InChI=1S/C22H30N4O3S/c1-3-6-21-23-13-18(14-24-21)15-25-11-9-22(10-12-25)17-26(30(2,27)28)16-19-7-4-5-8-20(19)29-22/h4-5,7-8,13-14H,3,6,9-12,15-17H2,1-2H3. The molecule has 0 bridgehead atoms. The van der Waals surface area contributed by atoms with Crippen molar-refractivity contribution in [3.63, 3.8) is 0 Å². The number of nitrogens with zero attached hydrogens (tertiary/aromatic N) is 4. The van der Waals surface area contributed by atoms with Crippen molar-refractivity contribution >= 4 is 10.0 Å². The van der Waals surface area contributed by atoms with Crippen LogP contribution >= 0.6 is 0 Å². The summed E-state index contributed by atoms with van der Waals surface area (Å²) in [6.07, 6.45) is 8.64. The van der Waals surface area contributed by atoms with Gasteiger partial charge in [-0.15, -0.1) is 0 Å². The summed E-state index contributed by atoms with van der Waals surface area (Å²) in [4.78, 5) is 11.3. The van der Waals surface area contributed by atoms with E-state index in [0.29, 0.717) is 13.1 Å². The fraction of sp³-hybridized carbons (Fsp3) is 0.545. The van der Waals surface area contributed by atoms with E-state index in [1.807, 2.05) is 36.7 Å². The summed E-state index contributed by atoms with van der Waals surface area (Å²) in [7, 11) is -3.32. The first-order valence-corrected chi connectivity index (χ1v) is 12.5. The second kappa shape index (κ2) is 8.61. The molecule has 30 heavy (non-hydrogen) atoms. The van der Waals surface area contributed by atoms with Crippen LogP contribution in [-0.4, -0.2) is 59.1 Å². The Labute approximate surface area is 179 Å². The second-order valence-electron chi connectivity index (χ2n) is 8.46. The summed E-state index contributed by atoms with van der Waals surface area (Å²) in [5.41, 5.74) is 1.54. The van der Waals surface area contributed by atoms with E-state index in [9.17, 15) is 8.42 Å². The zero-order valence-corrected chi connectivity index (χ0v) is 18.6. The number of ether oxygens (including phenoxy) is 1. The average molecular weight is 431 g/mol. The van der Waals surface area contributed by atoms with Crippen LogP contribution in [0.25, 0.3) is 0 Å². The minimum Gasteiger partial charge on any atom is -0.485 e. The van der Waals surface area contributed by atoms with Gasteiger partial charge in [0.05, 0.1) is 12.8 Å². The number of aromatic nitrogens is 2. The lowest BCUT2D eigenvalue weighted by molar-refractivity contribution is -0.00748. The maximum absolute atomic E-state index is 12.4. The molecule has 0 amide bonds. The third-order valence-electron chi connectivity index (χ3n) is 5.99. The Bertz CT molecular complexity index is 970. The van der Waals surface area contributed by atoms with Gasteiger partial charge in [0.2, 0.25) is 10.0 Å². The number of fused-ring (bicyclic) bond motifs is 1. The van der Waals surface area contributed by atoms with Gasteiger partial charge < -0.3 is 4.74 Å². The van der Waals surface area contributed by atoms with E-state index in [-0.39, 0.29) is 0 Å². The Morgan fingerprint density at radius 1 is 1.13 bits per heavy atom. The quantitative estimate of drug-likeness (QED) is 0.726. The minimum atomic E-state index is -3.32. The molecule has 1 saturated heterocycles. The number of aryl methyl sites for hydroxylation is 1. The van der Waals surface area contributed by atoms with Crippen molar-refractivity contribution in [3.8, 4) is 5.75 Å². The van der Waals surface area contributed by atoms with Crippen LogP contribution in [0.2, 0.25) is 0 Å². The molecular formula is C22H30N4O3S. The SMILES string of the molecule is CCCc1ncc(CN2CCC3(CC2)CN(S(C)(=O)=O)Cc2ccccc2O3)cn1. The second-order valence-corrected chi connectivity index (χ2v) is 10.4. The number of hydrogen-bond donors (Lipinski definition) is 0.